The third kappa shape index (κ3) is 17.6. The van der Waals surface area contributed by atoms with E-state index in [0.29, 0.717) is 6.10 Å². The summed E-state index contributed by atoms with van der Waals surface area (Å²) in [5, 5.41) is 2.14. The lowest BCUT2D eigenvalue weighted by Crippen LogP contribution is -2.29. The van der Waals surface area contributed by atoms with Gasteiger partial charge in [-0.05, 0) is 31.6 Å². The molecule has 1 aliphatic rings. The minimum Gasteiger partial charge on any atom is -0.379 e. The molecule has 1 aromatic rings. The zero-order valence-corrected chi connectivity index (χ0v) is 24.1. The minimum absolute atomic E-state index is 0.353. The Morgan fingerprint density at radius 3 is 2.00 bits per heavy atom. The van der Waals surface area contributed by atoms with E-state index in [1.165, 1.54) is 135 Å². The molecule has 3 nitrogen and oxygen atoms in total. The van der Waals surface area contributed by atoms with Crippen LogP contribution in [0.4, 0.5) is 0 Å². The van der Waals surface area contributed by atoms with E-state index in [9.17, 15) is 0 Å². The monoisotopic (exact) mass is 508 g/mol. The van der Waals surface area contributed by atoms with E-state index in [-0.39, 0.29) is 0 Å². The van der Waals surface area contributed by atoms with Gasteiger partial charge in [0.15, 0.2) is 6.20 Å². The van der Waals surface area contributed by atoms with Gasteiger partial charge in [-0.25, -0.2) is 0 Å². The van der Waals surface area contributed by atoms with Crippen molar-refractivity contribution >= 4 is 11.3 Å². The van der Waals surface area contributed by atoms with E-state index in [1.807, 2.05) is 0 Å². The third-order valence-electron chi connectivity index (χ3n) is 7.67. The fourth-order valence-electron chi connectivity index (χ4n) is 5.36. The number of thiazole rings is 1. The number of rotatable bonds is 25. The van der Waals surface area contributed by atoms with E-state index in [2.05, 4.69) is 28.6 Å². The molecule has 204 valence electrons. The first-order valence-electron chi connectivity index (χ1n) is 15.5. The predicted octanol–water partition coefficient (Wildman–Crippen LogP) is 9.28. The van der Waals surface area contributed by atoms with Gasteiger partial charge in [-0.2, -0.15) is 4.57 Å². The highest BCUT2D eigenvalue weighted by molar-refractivity contribution is 7.07. The van der Waals surface area contributed by atoms with Gasteiger partial charge >= 0.3 is 0 Å². The summed E-state index contributed by atoms with van der Waals surface area (Å²) in [7, 11) is 0. The van der Waals surface area contributed by atoms with Crippen molar-refractivity contribution in [2.75, 3.05) is 19.8 Å². The molecular weight excluding hydrogens is 450 g/mol. The average Bonchev–Trinajstić information content (AvgIpc) is 3.55. The fraction of sp³-hybridized carbons (Fsp3) is 0.903. The van der Waals surface area contributed by atoms with Crippen LogP contribution < -0.4 is 4.57 Å². The van der Waals surface area contributed by atoms with Crippen molar-refractivity contribution in [3.63, 3.8) is 0 Å². The van der Waals surface area contributed by atoms with Crippen LogP contribution in [-0.4, -0.2) is 25.9 Å². The lowest BCUT2D eigenvalue weighted by atomic mass is 9.97. The lowest BCUT2D eigenvalue weighted by molar-refractivity contribution is -0.692. The van der Waals surface area contributed by atoms with Crippen LogP contribution >= 0.6 is 11.3 Å². The molecule has 1 saturated heterocycles. The molecule has 0 spiro atoms. The largest absolute Gasteiger partial charge is 0.379 e. The van der Waals surface area contributed by atoms with E-state index in [0.717, 1.165) is 32.3 Å². The smallest absolute Gasteiger partial charge is 0.224 e. The molecule has 0 aliphatic carbocycles. The van der Waals surface area contributed by atoms with Crippen molar-refractivity contribution < 1.29 is 14.0 Å². The van der Waals surface area contributed by atoms with Gasteiger partial charge in [-0.3, -0.25) is 0 Å². The number of hydrogen-bond acceptors (Lipinski definition) is 3. The van der Waals surface area contributed by atoms with Crippen LogP contribution in [-0.2, 0) is 16.0 Å². The molecule has 2 heterocycles. The summed E-state index contributed by atoms with van der Waals surface area (Å²) in [4.78, 5) is 0. The lowest BCUT2D eigenvalue weighted by Gasteiger charge is -2.10. The number of hydrogen-bond donors (Lipinski definition) is 0. The highest BCUT2D eigenvalue weighted by Crippen LogP contribution is 2.25. The first kappa shape index (κ1) is 30.8. The van der Waals surface area contributed by atoms with Crippen LogP contribution in [0.2, 0.25) is 0 Å². The second kappa shape index (κ2) is 22.7. The SMILES string of the molecule is CCCCCCCCCCCCCCCCC[C@@H]1CO[C@@H](COCCCCCC[n+]2ccsc2)C1. The molecule has 0 unspecified atom stereocenters. The molecule has 0 saturated carbocycles. The van der Waals surface area contributed by atoms with Crippen molar-refractivity contribution in [1.29, 1.82) is 0 Å². The Bertz CT molecular complexity index is 550. The van der Waals surface area contributed by atoms with Crippen LogP contribution in [0.25, 0.3) is 0 Å². The van der Waals surface area contributed by atoms with Crippen molar-refractivity contribution in [3.05, 3.63) is 17.1 Å². The van der Waals surface area contributed by atoms with Gasteiger partial charge in [0.25, 0.3) is 0 Å². The summed E-state index contributed by atoms with van der Waals surface area (Å²) < 4.78 is 14.2. The van der Waals surface area contributed by atoms with Crippen molar-refractivity contribution in [3.8, 4) is 0 Å². The summed E-state index contributed by atoms with van der Waals surface area (Å²) in [6.07, 6.45) is 31.8. The Kier molecular flexibility index (Phi) is 20.0. The fourth-order valence-corrected chi connectivity index (χ4v) is 5.99. The summed E-state index contributed by atoms with van der Waals surface area (Å²) in [6, 6.07) is 0. The van der Waals surface area contributed by atoms with Crippen molar-refractivity contribution in [2.24, 2.45) is 5.92 Å². The maximum Gasteiger partial charge on any atom is 0.224 e. The maximum atomic E-state index is 6.00. The van der Waals surface area contributed by atoms with Crippen molar-refractivity contribution in [1.82, 2.24) is 0 Å². The summed E-state index contributed by atoms with van der Waals surface area (Å²) >= 11 is 1.77. The average molecular weight is 509 g/mol. The minimum atomic E-state index is 0.353. The van der Waals surface area contributed by atoms with Gasteiger partial charge in [0.2, 0.25) is 5.51 Å². The highest BCUT2D eigenvalue weighted by Gasteiger charge is 2.24. The van der Waals surface area contributed by atoms with Crippen LogP contribution in [0.3, 0.4) is 0 Å². The standard InChI is InChI=1S/C31H58NO2S/c1-2-3-4-5-6-7-8-9-10-11-12-13-14-15-18-21-30-26-31(34-27-30)28-33-24-20-17-16-19-22-32-23-25-35-29-32/h23,25,29-31H,2-22,24,26-28H2,1H3/q+1/t30-,31+/m0/s1. The maximum absolute atomic E-state index is 6.00. The molecule has 0 bridgehead atoms. The molecule has 1 aromatic heterocycles. The van der Waals surface area contributed by atoms with Crippen molar-refractivity contribution in [2.45, 2.75) is 154 Å². The van der Waals surface area contributed by atoms with Crippen LogP contribution in [0.15, 0.2) is 17.1 Å². The predicted molar refractivity (Wildman–Crippen MR) is 151 cm³/mol. The zero-order valence-electron chi connectivity index (χ0n) is 23.2. The second-order valence-corrected chi connectivity index (χ2v) is 11.8. The molecule has 0 aromatic carbocycles. The van der Waals surface area contributed by atoms with Crippen LogP contribution in [0.1, 0.15) is 142 Å². The van der Waals surface area contributed by atoms with Gasteiger partial charge in [0.05, 0.1) is 18.1 Å². The van der Waals surface area contributed by atoms with Gasteiger partial charge < -0.3 is 9.47 Å². The van der Waals surface area contributed by atoms with Gasteiger partial charge in [0.1, 0.15) is 6.54 Å². The summed E-state index contributed by atoms with van der Waals surface area (Å²) in [5.41, 5.74) is 2.19. The number of nitrogens with zero attached hydrogens (tertiary/aromatic N) is 1. The Hall–Kier alpha value is -0.450. The number of ether oxygens (including phenoxy) is 2. The van der Waals surface area contributed by atoms with E-state index >= 15 is 0 Å². The number of unbranched alkanes of at least 4 members (excludes halogenated alkanes) is 17. The van der Waals surface area contributed by atoms with E-state index in [4.69, 9.17) is 9.47 Å². The Morgan fingerprint density at radius 2 is 1.37 bits per heavy atom. The van der Waals surface area contributed by atoms with Gasteiger partial charge in [-0.1, -0.05) is 121 Å². The topological polar surface area (TPSA) is 22.3 Å². The molecule has 0 amide bonds. The molecule has 35 heavy (non-hydrogen) atoms. The number of aryl methyl sites for hydroxylation is 1. The first-order chi connectivity index (χ1) is 17.4. The Morgan fingerprint density at radius 1 is 0.771 bits per heavy atom. The summed E-state index contributed by atoms with van der Waals surface area (Å²) in [6.45, 7) is 6.12. The number of aromatic nitrogens is 1. The van der Waals surface area contributed by atoms with Gasteiger partial charge in [0, 0.05) is 19.6 Å². The zero-order chi connectivity index (χ0) is 24.7. The molecular formula is C31H58NO2S+. The molecule has 1 aliphatic heterocycles. The molecule has 0 radical (unpaired) electrons. The molecule has 4 heteroatoms. The van der Waals surface area contributed by atoms with E-state index < -0.39 is 0 Å². The highest BCUT2D eigenvalue weighted by atomic mass is 32.1. The second-order valence-electron chi connectivity index (χ2n) is 11.0. The molecule has 0 N–H and O–H groups in total. The summed E-state index contributed by atoms with van der Waals surface area (Å²) in [5.74, 6) is 0.778. The first-order valence-corrected chi connectivity index (χ1v) is 16.4. The molecule has 2 atom stereocenters. The third-order valence-corrected chi connectivity index (χ3v) is 8.34. The van der Waals surface area contributed by atoms with Crippen LogP contribution in [0.5, 0.6) is 0 Å². The van der Waals surface area contributed by atoms with Gasteiger partial charge in [-0.15, -0.1) is 0 Å². The van der Waals surface area contributed by atoms with E-state index in [1.54, 1.807) is 11.3 Å². The normalized spacial score (nSPS) is 18.0. The quantitative estimate of drug-likeness (QED) is 0.0969. The Labute approximate surface area is 222 Å². The molecule has 2 rings (SSSR count). The molecule has 1 fully saturated rings. The Balaban J connectivity index is 1.25. The van der Waals surface area contributed by atoms with Crippen LogP contribution in [0, 0.1) is 5.92 Å².